The van der Waals surface area contributed by atoms with Gasteiger partial charge in [0.05, 0.1) is 0 Å². The summed E-state index contributed by atoms with van der Waals surface area (Å²) >= 11 is 0. The summed E-state index contributed by atoms with van der Waals surface area (Å²) in [5.74, 6) is -0.208. The van der Waals surface area contributed by atoms with Crippen LogP contribution < -0.4 is 5.11 Å². The van der Waals surface area contributed by atoms with Crippen molar-refractivity contribution >= 4 is 5.78 Å². The second kappa shape index (κ2) is 5.15. The van der Waals surface area contributed by atoms with E-state index in [2.05, 4.69) is 0 Å². The van der Waals surface area contributed by atoms with E-state index in [0.717, 1.165) is 0 Å². The minimum Gasteiger partial charge on any atom is -0.875 e. The molecule has 0 bridgehead atoms. The van der Waals surface area contributed by atoms with Crippen LogP contribution in [0.2, 0.25) is 0 Å². The SMILES string of the molecule is CC(C)(C)C(=O)/C=C(\[O-])C(C)(C)C.[Ag+]. The second-order valence-electron chi connectivity index (χ2n) is 5.37. The van der Waals surface area contributed by atoms with E-state index in [-0.39, 0.29) is 33.9 Å². The minimum atomic E-state index is -0.457. The zero-order valence-electron chi connectivity index (χ0n) is 9.70. The van der Waals surface area contributed by atoms with Crippen LogP contribution in [-0.2, 0) is 27.2 Å². The summed E-state index contributed by atoms with van der Waals surface area (Å²) in [4.78, 5) is 11.4. The Bertz CT molecular complexity index is 229. The van der Waals surface area contributed by atoms with Gasteiger partial charge in [0.2, 0.25) is 0 Å². The molecule has 0 saturated heterocycles. The number of ketones is 1. The van der Waals surface area contributed by atoms with E-state index in [9.17, 15) is 9.90 Å². The third kappa shape index (κ3) is 5.63. The molecule has 0 spiro atoms. The average Bonchev–Trinajstić information content (AvgIpc) is 1.82. The van der Waals surface area contributed by atoms with Crippen molar-refractivity contribution in [1.82, 2.24) is 0 Å². The van der Waals surface area contributed by atoms with Crippen molar-refractivity contribution in [3.8, 4) is 0 Å². The van der Waals surface area contributed by atoms with Gasteiger partial charge in [-0.1, -0.05) is 41.5 Å². The molecule has 3 heteroatoms. The number of hydrogen-bond donors (Lipinski definition) is 0. The molecule has 0 fully saturated rings. The fourth-order valence-corrected chi connectivity index (χ4v) is 0.552. The number of carbonyl (C=O) groups excluding carboxylic acids is 1. The third-order valence-corrected chi connectivity index (χ3v) is 1.74. The van der Waals surface area contributed by atoms with E-state index in [1.54, 1.807) is 0 Å². The first-order valence-electron chi connectivity index (χ1n) is 4.49. The summed E-state index contributed by atoms with van der Waals surface area (Å²) in [5, 5.41) is 11.4. The van der Waals surface area contributed by atoms with Crippen molar-refractivity contribution in [3.05, 3.63) is 11.8 Å². The van der Waals surface area contributed by atoms with E-state index in [0.29, 0.717) is 0 Å². The molecule has 0 aromatic heterocycles. The zero-order valence-corrected chi connectivity index (χ0v) is 11.2. The first kappa shape index (κ1) is 16.4. The first-order chi connectivity index (χ1) is 5.55. The molecular formula is C11H19AgO2. The van der Waals surface area contributed by atoms with Gasteiger partial charge in [-0.2, -0.15) is 0 Å². The molecule has 0 aromatic rings. The molecule has 0 radical (unpaired) electrons. The molecule has 86 valence electrons. The van der Waals surface area contributed by atoms with Crippen LogP contribution in [0.25, 0.3) is 0 Å². The molecule has 0 aromatic carbocycles. The Labute approximate surface area is 102 Å². The van der Waals surface area contributed by atoms with Gasteiger partial charge >= 0.3 is 22.4 Å². The van der Waals surface area contributed by atoms with Gasteiger partial charge in [-0.15, -0.1) is 5.76 Å². The van der Waals surface area contributed by atoms with Crippen molar-refractivity contribution in [2.75, 3.05) is 0 Å². The maximum atomic E-state index is 11.4. The molecular weight excluding hydrogens is 272 g/mol. The molecule has 0 aliphatic carbocycles. The topological polar surface area (TPSA) is 40.1 Å². The van der Waals surface area contributed by atoms with Gasteiger partial charge in [-0.3, -0.25) is 4.79 Å². The molecule has 0 rings (SSSR count). The van der Waals surface area contributed by atoms with Crippen LogP contribution in [0.4, 0.5) is 0 Å². The summed E-state index contributed by atoms with van der Waals surface area (Å²) in [6, 6.07) is 0. The fraction of sp³-hybridized carbons (Fsp3) is 0.727. The second-order valence-corrected chi connectivity index (χ2v) is 5.37. The summed E-state index contributed by atoms with van der Waals surface area (Å²) in [7, 11) is 0. The monoisotopic (exact) mass is 290 g/mol. The zero-order chi connectivity index (χ0) is 10.9. The van der Waals surface area contributed by atoms with Crippen LogP contribution in [-0.4, -0.2) is 5.78 Å². The number of carbonyl (C=O) groups is 1. The van der Waals surface area contributed by atoms with Crippen LogP contribution in [0, 0.1) is 10.8 Å². The van der Waals surface area contributed by atoms with Crippen LogP contribution >= 0.6 is 0 Å². The molecule has 0 saturated carbocycles. The molecule has 0 atom stereocenters. The largest absolute Gasteiger partial charge is 1.00 e. The van der Waals surface area contributed by atoms with E-state index in [1.807, 2.05) is 41.5 Å². The van der Waals surface area contributed by atoms with Crippen molar-refractivity contribution in [3.63, 3.8) is 0 Å². The predicted molar refractivity (Wildman–Crippen MR) is 52.0 cm³/mol. The van der Waals surface area contributed by atoms with Gasteiger partial charge in [0, 0.05) is 5.41 Å². The molecule has 0 aliphatic heterocycles. The number of rotatable bonds is 1. The maximum Gasteiger partial charge on any atom is 1.00 e. The first-order valence-corrected chi connectivity index (χ1v) is 4.49. The Morgan fingerprint density at radius 2 is 1.36 bits per heavy atom. The molecule has 0 amide bonds. The van der Waals surface area contributed by atoms with Crippen LogP contribution in [0.5, 0.6) is 0 Å². The van der Waals surface area contributed by atoms with Crippen LogP contribution in [0.15, 0.2) is 11.8 Å². The summed E-state index contributed by atoms with van der Waals surface area (Å²) in [6.45, 7) is 10.8. The summed E-state index contributed by atoms with van der Waals surface area (Å²) in [5.41, 5.74) is -0.915. The Balaban J connectivity index is 0. The summed E-state index contributed by atoms with van der Waals surface area (Å²) in [6.07, 6.45) is 1.22. The smallest absolute Gasteiger partial charge is 0.875 e. The third-order valence-electron chi connectivity index (χ3n) is 1.74. The van der Waals surface area contributed by atoms with Crippen molar-refractivity contribution in [2.24, 2.45) is 10.8 Å². The Morgan fingerprint density at radius 3 is 1.57 bits per heavy atom. The van der Waals surface area contributed by atoms with Gasteiger partial charge in [-0.05, 0) is 11.5 Å². The Hall–Kier alpha value is -0.0497. The molecule has 0 unspecified atom stereocenters. The quantitative estimate of drug-likeness (QED) is 0.420. The molecule has 14 heavy (non-hydrogen) atoms. The standard InChI is InChI=1S/C11H20O2.Ag/c1-10(2,3)8(12)7-9(13)11(4,5)6;/h7,12H,1-6H3;/q;+1/p-1/b8-7-;. The Kier molecular flexibility index (Phi) is 6.03. The van der Waals surface area contributed by atoms with Gasteiger partial charge in [0.25, 0.3) is 0 Å². The van der Waals surface area contributed by atoms with Crippen molar-refractivity contribution in [1.29, 1.82) is 0 Å². The summed E-state index contributed by atoms with van der Waals surface area (Å²) < 4.78 is 0. The van der Waals surface area contributed by atoms with Gasteiger partial charge < -0.3 is 5.11 Å². The van der Waals surface area contributed by atoms with E-state index < -0.39 is 10.8 Å². The molecule has 0 aliphatic rings. The van der Waals surface area contributed by atoms with Gasteiger partial charge in [0.15, 0.2) is 5.78 Å². The van der Waals surface area contributed by atoms with Crippen molar-refractivity contribution in [2.45, 2.75) is 41.5 Å². The molecule has 0 N–H and O–H groups in total. The Morgan fingerprint density at radius 1 is 1.00 bits per heavy atom. The molecule has 0 heterocycles. The van der Waals surface area contributed by atoms with Crippen LogP contribution in [0.1, 0.15) is 41.5 Å². The molecule has 2 nitrogen and oxygen atoms in total. The van der Waals surface area contributed by atoms with Crippen molar-refractivity contribution < 1.29 is 32.3 Å². The predicted octanol–water partition coefficient (Wildman–Crippen LogP) is 1.89. The number of hydrogen-bond acceptors (Lipinski definition) is 2. The van der Waals surface area contributed by atoms with Gasteiger partial charge in [0.1, 0.15) is 0 Å². The van der Waals surface area contributed by atoms with Gasteiger partial charge in [-0.25, -0.2) is 0 Å². The fourth-order valence-electron chi connectivity index (χ4n) is 0.552. The van der Waals surface area contributed by atoms with Crippen LogP contribution in [0.3, 0.4) is 0 Å². The maximum absolute atomic E-state index is 11.4. The average molecular weight is 291 g/mol. The van der Waals surface area contributed by atoms with E-state index in [1.165, 1.54) is 6.08 Å². The van der Waals surface area contributed by atoms with E-state index >= 15 is 0 Å². The normalized spacial score (nSPS) is 13.4. The minimum absolute atomic E-state index is 0. The van der Waals surface area contributed by atoms with E-state index in [4.69, 9.17) is 0 Å². The number of allylic oxidation sites excluding steroid dienone is 2.